The van der Waals surface area contributed by atoms with Crippen LogP contribution in [0.2, 0.25) is 10.0 Å². The van der Waals surface area contributed by atoms with Gasteiger partial charge < -0.3 is 0 Å². The lowest BCUT2D eigenvalue weighted by Gasteiger charge is -2.09. The summed E-state index contributed by atoms with van der Waals surface area (Å²) >= 11 is 11.6. The maximum absolute atomic E-state index is 12.8. The molecule has 0 saturated carbocycles. The van der Waals surface area contributed by atoms with Gasteiger partial charge in [-0.1, -0.05) is 41.4 Å². The average molecular weight is 333 g/mol. The third kappa shape index (κ3) is 4.12. The van der Waals surface area contributed by atoms with Crippen LogP contribution in [0.15, 0.2) is 47.6 Å². The van der Waals surface area contributed by atoms with Gasteiger partial charge in [-0.3, -0.25) is 5.43 Å². The van der Waals surface area contributed by atoms with Gasteiger partial charge in [0.05, 0.1) is 27.5 Å². The van der Waals surface area contributed by atoms with Crippen molar-refractivity contribution in [3.63, 3.8) is 0 Å². The summed E-state index contributed by atoms with van der Waals surface area (Å²) in [5.41, 5.74) is 2.34. The second kappa shape index (κ2) is 6.37. The van der Waals surface area contributed by atoms with Crippen molar-refractivity contribution in [1.29, 1.82) is 0 Å². The van der Waals surface area contributed by atoms with Crippen molar-refractivity contribution in [2.75, 3.05) is 5.43 Å². The highest BCUT2D eigenvalue weighted by Gasteiger charge is 2.32. The van der Waals surface area contributed by atoms with Gasteiger partial charge in [0.15, 0.2) is 0 Å². The van der Waals surface area contributed by atoms with Crippen molar-refractivity contribution < 1.29 is 13.2 Å². The van der Waals surface area contributed by atoms with E-state index in [1.807, 2.05) is 0 Å². The topological polar surface area (TPSA) is 24.4 Å². The first-order chi connectivity index (χ1) is 9.88. The van der Waals surface area contributed by atoms with E-state index in [0.29, 0.717) is 15.7 Å². The SMILES string of the molecule is FC(F)(F)c1ccccc1/C=N/Nc1ccc(Cl)c(Cl)c1. The summed E-state index contributed by atoms with van der Waals surface area (Å²) in [7, 11) is 0. The second-order valence-corrected chi connectivity index (χ2v) is 4.90. The Labute approximate surface area is 129 Å². The summed E-state index contributed by atoms with van der Waals surface area (Å²) in [6.07, 6.45) is -3.32. The Morgan fingerprint density at radius 1 is 1.00 bits per heavy atom. The fraction of sp³-hybridized carbons (Fsp3) is 0.0714. The summed E-state index contributed by atoms with van der Waals surface area (Å²) in [6.45, 7) is 0. The first-order valence-electron chi connectivity index (χ1n) is 5.78. The van der Waals surface area contributed by atoms with E-state index in [2.05, 4.69) is 10.5 Å². The van der Waals surface area contributed by atoms with Crippen LogP contribution in [0, 0.1) is 0 Å². The number of anilines is 1. The molecule has 2 aromatic carbocycles. The molecule has 0 aliphatic heterocycles. The van der Waals surface area contributed by atoms with Crippen LogP contribution >= 0.6 is 23.2 Å². The van der Waals surface area contributed by atoms with Crippen molar-refractivity contribution in [2.24, 2.45) is 5.10 Å². The third-order valence-electron chi connectivity index (χ3n) is 2.58. The zero-order valence-corrected chi connectivity index (χ0v) is 12.0. The number of hydrogen-bond acceptors (Lipinski definition) is 2. The van der Waals surface area contributed by atoms with E-state index in [9.17, 15) is 13.2 Å². The fourth-order valence-corrected chi connectivity index (χ4v) is 1.91. The molecule has 1 N–H and O–H groups in total. The quantitative estimate of drug-likeness (QED) is 0.585. The van der Waals surface area contributed by atoms with Gasteiger partial charge >= 0.3 is 6.18 Å². The molecule has 0 bridgehead atoms. The van der Waals surface area contributed by atoms with Crippen LogP contribution < -0.4 is 5.43 Å². The van der Waals surface area contributed by atoms with Gasteiger partial charge in [0.2, 0.25) is 0 Å². The molecule has 0 heterocycles. The molecule has 2 aromatic rings. The Balaban J connectivity index is 2.17. The molecule has 2 rings (SSSR count). The maximum atomic E-state index is 12.8. The molecule has 110 valence electrons. The van der Waals surface area contributed by atoms with E-state index in [1.165, 1.54) is 24.3 Å². The molecule has 0 amide bonds. The van der Waals surface area contributed by atoms with Crippen LogP contribution in [0.4, 0.5) is 18.9 Å². The van der Waals surface area contributed by atoms with Crippen LogP contribution in [0.3, 0.4) is 0 Å². The third-order valence-corrected chi connectivity index (χ3v) is 3.32. The van der Waals surface area contributed by atoms with E-state index >= 15 is 0 Å². The highest BCUT2D eigenvalue weighted by atomic mass is 35.5. The van der Waals surface area contributed by atoms with Gasteiger partial charge in [0, 0.05) is 5.56 Å². The summed E-state index contributed by atoms with van der Waals surface area (Å²) in [5.74, 6) is 0. The van der Waals surface area contributed by atoms with E-state index in [4.69, 9.17) is 23.2 Å². The van der Waals surface area contributed by atoms with Gasteiger partial charge in [-0.15, -0.1) is 0 Å². The maximum Gasteiger partial charge on any atom is 0.417 e. The number of alkyl halides is 3. The molecule has 0 saturated heterocycles. The number of halogens is 5. The largest absolute Gasteiger partial charge is 0.417 e. The minimum atomic E-state index is -4.42. The molecular formula is C14H9Cl2F3N2. The molecule has 0 fully saturated rings. The number of nitrogens with one attached hydrogen (secondary N) is 1. The lowest BCUT2D eigenvalue weighted by Crippen LogP contribution is -2.08. The molecule has 0 spiro atoms. The van der Waals surface area contributed by atoms with Gasteiger partial charge in [-0.2, -0.15) is 18.3 Å². The second-order valence-electron chi connectivity index (χ2n) is 4.08. The van der Waals surface area contributed by atoms with Crippen molar-refractivity contribution in [2.45, 2.75) is 6.18 Å². The smallest absolute Gasteiger partial charge is 0.278 e. The van der Waals surface area contributed by atoms with E-state index in [-0.39, 0.29) is 5.56 Å². The van der Waals surface area contributed by atoms with Crippen LogP contribution in [0.5, 0.6) is 0 Å². The monoisotopic (exact) mass is 332 g/mol. The van der Waals surface area contributed by atoms with Crippen LogP contribution in [-0.2, 0) is 6.18 Å². The van der Waals surface area contributed by atoms with Crippen LogP contribution in [-0.4, -0.2) is 6.21 Å². The van der Waals surface area contributed by atoms with Gasteiger partial charge in [-0.25, -0.2) is 0 Å². The first-order valence-corrected chi connectivity index (χ1v) is 6.54. The number of rotatable bonds is 3. The molecule has 0 atom stereocenters. The molecule has 7 heteroatoms. The molecule has 0 aliphatic carbocycles. The number of benzene rings is 2. The van der Waals surface area contributed by atoms with Gasteiger partial charge in [-0.05, 0) is 24.3 Å². The summed E-state index contributed by atoms with van der Waals surface area (Å²) < 4.78 is 38.3. The highest BCUT2D eigenvalue weighted by molar-refractivity contribution is 6.42. The fourth-order valence-electron chi connectivity index (χ4n) is 1.61. The molecule has 0 unspecified atom stereocenters. The zero-order chi connectivity index (χ0) is 15.5. The number of hydrazone groups is 1. The molecule has 2 nitrogen and oxygen atoms in total. The Morgan fingerprint density at radius 2 is 1.71 bits per heavy atom. The predicted octanol–water partition coefficient (Wildman–Crippen LogP) is 5.46. The summed E-state index contributed by atoms with van der Waals surface area (Å²) in [5, 5.41) is 4.49. The van der Waals surface area contributed by atoms with Gasteiger partial charge in [0.25, 0.3) is 0 Å². The van der Waals surface area contributed by atoms with Crippen molar-refractivity contribution in [3.8, 4) is 0 Å². The van der Waals surface area contributed by atoms with Gasteiger partial charge in [0.1, 0.15) is 0 Å². The van der Waals surface area contributed by atoms with E-state index in [1.54, 1.807) is 12.1 Å². The number of nitrogens with zero attached hydrogens (tertiary/aromatic N) is 1. The summed E-state index contributed by atoms with van der Waals surface area (Å²) in [6, 6.07) is 9.87. The molecule has 21 heavy (non-hydrogen) atoms. The predicted molar refractivity (Wildman–Crippen MR) is 79.1 cm³/mol. The van der Waals surface area contributed by atoms with E-state index < -0.39 is 11.7 Å². The Kier molecular flexibility index (Phi) is 4.75. The lowest BCUT2D eigenvalue weighted by atomic mass is 10.1. The highest BCUT2D eigenvalue weighted by Crippen LogP contribution is 2.31. The minimum Gasteiger partial charge on any atom is -0.278 e. The van der Waals surface area contributed by atoms with E-state index in [0.717, 1.165) is 12.3 Å². The summed E-state index contributed by atoms with van der Waals surface area (Å²) in [4.78, 5) is 0. The molecule has 0 aromatic heterocycles. The Bertz CT molecular complexity index is 670. The molecule has 0 aliphatic rings. The van der Waals surface area contributed by atoms with Crippen molar-refractivity contribution in [1.82, 2.24) is 0 Å². The van der Waals surface area contributed by atoms with Crippen LogP contribution in [0.1, 0.15) is 11.1 Å². The van der Waals surface area contributed by atoms with Crippen molar-refractivity contribution >= 4 is 35.1 Å². The average Bonchev–Trinajstić information content (AvgIpc) is 2.42. The lowest BCUT2D eigenvalue weighted by molar-refractivity contribution is -0.137. The zero-order valence-electron chi connectivity index (χ0n) is 10.5. The minimum absolute atomic E-state index is 0.0300. The van der Waals surface area contributed by atoms with Crippen molar-refractivity contribution in [3.05, 3.63) is 63.6 Å². The molecular weight excluding hydrogens is 324 g/mol. The number of hydrogen-bond donors (Lipinski definition) is 1. The van der Waals surface area contributed by atoms with Crippen LogP contribution in [0.25, 0.3) is 0 Å². The molecule has 0 radical (unpaired) electrons. The Hall–Kier alpha value is -1.72. The Morgan fingerprint density at radius 3 is 2.38 bits per heavy atom. The first kappa shape index (κ1) is 15.7. The normalized spacial score (nSPS) is 11.9. The standard InChI is InChI=1S/C14H9Cl2F3N2/c15-12-6-5-10(7-13(12)16)21-20-8-9-3-1-2-4-11(9)14(17,18)19/h1-8,21H/b20-8+.